The molecule has 1 rings (SSSR count). The molecule has 2 N–H and O–H groups in total. The predicted octanol–water partition coefficient (Wildman–Crippen LogP) is 3.75. The third-order valence-corrected chi connectivity index (χ3v) is 2.85. The van der Waals surface area contributed by atoms with Crippen molar-refractivity contribution in [2.24, 2.45) is 5.73 Å². The predicted molar refractivity (Wildman–Crippen MR) is 81.7 cm³/mol. The summed E-state index contributed by atoms with van der Waals surface area (Å²) < 4.78 is 18.5. The quantitative estimate of drug-likeness (QED) is 0.607. The molecule has 0 saturated carbocycles. The lowest BCUT2D eigenvalue weighted by Crippen LogP contribution is -2.28. The smallest absolute Gasteiger partial charge is 0.123 e. The van der Waals surface area contributed by atoms with Crippen LogP contribution in [0.3, 0.4) is 0 Å². The van der Waals surface area contributed by atoms with Crippen molar-refractivity contribution in [1.29, 1.82) is 0 Å². The summed E-state index contributed by atoms with van der Waals surface area (Å²) in [5.74, 6) is 0.539. The Morgan fingerprint density at radius 1 is 1.40 bits per heavy atom. The SMILES string of the molecule is C=C/C(C)=C\C(=C/C)OCC(N)Cc1ccc(F)cc1. The first-order valence-electron chi connectivity index (χ1n) is 6.65. The van der Waals surface area contributed by atoms with E-state index in [1.165, 1.54) is 12.1 Å². The second-order valence-corrected chi connectivity index (χ2v) is 4.69. The zero-order chi connectivity index (χ0) is 15.0. The molecule has 1 atom stereocenters. The van der Waals surface area contributed by atoms with E-state index in [1.807, 2.05) is 26.0 Å². The van der Waals surface area contributed by atoms with Crippen LogP contribution in [-0.4, -0.2) is 12.6 Å². The number of hydrogen-bond donors (Lipinski definition) is 1. The fraction of sp³-hybridized carbons (Fsp3) is 0.294. The van der Waals surface area contributed by atoms with Gasteiger partial charge in [0, 0.05) is 6.04 Å². The number of rotatable bonds is 7. The van der Waals surface area contributed by atoms with E-state index in [0.717, 1.165) is 16.9 Å². The molecule has 0 aromatic heterocycles. The van der Waals surface area contributed by atoms with Gasteiger partial charge in [-0.15, -0.1) is 0 Å². The van der Waals surface area contributed by atoms with Gasteiger partial charge in [-0.3, -0.25) is 0 Å². The summed E-state index contributed by atoms with van der Waals surface area (Å²) >= 11 is 0. The third kappa shape index (κ3) is 5.85. The van der Waals surface area contributed by atoms with Crippen LogP contribution in [-0.2, 0) is 11.2 Å². The van der Waals surface area contributed by atoms with Crippen LogP contribution in [0.1, 0.15) is 19.4 Å². The van der Waals surface area contributed by atoms with Gasteiger partial charge < -0.3 is 10.5 Å². The van der Waals surface area contributed by atoms with Crippen molar-refractivity contribution in [3.05, 3.63) is 71.8 Å². The summed E-state index contributed by atoms with van der Waals surface area (Å²) in [6.07, 6.45) is 6.22. The van der Waals surface area contributed by atoms with E-state index < -0.39 is 0 Å². The van der Waals surface area contributed by atoms with E-state index >= 15 is 0 Å². The van der Waals surface area contributed by atoms with Crippen LogP contribution in [0.15, 0.2) is 60.4 Å². The van der Waals surface area contributed by atoms with Gasteiger partial charge in [-0.25, -0.2) is 4.39 Å². The highest BCUT2D eigenvalue weighted by Crippen LogP contribution is 2.08. The van der Waals surface area contributed by atoms with E-state index in [1.54, 1.807) is 18.2 Å². The number of halogens is 1. The monoisotopic (exact) mass is 275 g/mol. The number of allylic oxidation sites excluding steroid dienone is 4. The highest BCUT2D eigenvalue weighted by atomic mass is 19.1. The van der Waals surface area contributed by atoms with E-state index in [2.05, 4.69) is 6.58 Å². The molecule has 0 aliphatic carbocycles. The van der Waals surface area contributed by atoms with Gasteiger partial charge in [0.2, 0.25) is 0 Å². The van der Waals surface area contributed by atoms with Crippen molar-refractivity contribution in [3.8, 4) is 0 Å². The highest BCUT2D eigenvalue weighted by Gasteiger charge is 2.06. The van der Waals surface area contributed by atoms with Crippen LogP contribution < -0.4 is 5.73 Å². The van der Waals surface area contributed by atoms with Crippen molar-refractivity contribution in [2.45, 2.75) is 26.3 Å². The number of nitrogens with two attached hydrogens (primary N) is 1. The minimum absolute atomic E-state index is 0.132. The van der Waals surface area contributed by atoms with Gasteiger partial charge in [0.15, 0.2) is 0 Å². The van der Waals surface area contributed by atoms with E-state index in [-0.39, 0.29) is 11.9 Å². The highest BCUT2D eigenvalue weighted by molar-refractivity contribution is 5.23. The molecule has 0 bridgehead atoms. The van der Waals surface area contributed by atoms with Crippen molar-refractivity contribution in [3.63, 3.8) is 0 Å². The minimum Gasteiger partial charge on any atom is -0.492 e. The molecule has 1 aromatic rings. The number of hydrogen-bond acceptors (Lipinski definition) is 2. The Hall–Kier alpha value is -1.87. The molecule has 0 aliphatic rings. The lowest BCUT2D eigenvalue weighted by Gasteiger charge is -2.14. The molecule has 1 aromatic carbocycles. The van der Waals surface area contributed by atoms with Crippen LogP contribution in [0.2, 0.25) is 0 Å². The number of benzene rings is 1. The molecule has 108 valence electrons. The van der Waals surface area contributed by atoms with Crippen molar-refractivity contribution in [1.82, 2.24) is 0 Å². The molecule has 0 spiro atoms. The zero-order valence-corrected chi connectivity index (χ0v) is 12.1. The van der Waals surface area contributed by atoms with Crippen molar-refractivity contribution < 1.29 is 9.13 Å². The molecule has 0 amide bonds. The molecular weight excluding hydrogens is 253 g/mol. The molecule has 0 radical (unpaired) electrons. The maximum Gasteiger partial charge on any atom is 0.123 e. The summed E-state index contributed by atoms with van der Waals surface area (Å²) in [6.45, 7) is 7.98. The molecule has 2 nitrogen and oxygen atoms in total. The maximum absolute atomic E-state index is 12.8. The minimum atomic E-state index is -0.236. The number of ether oxygens (including phenoxy) is 1. The fourth-order valence-electron chi connectivity index (χ4n) is 1.68. The van der Waals surface area contributed by atoms with Crippen molar-refractivity contribution in [2.75, 3.05) is 6.61 Å². The average molecular weight is 275 g/mol. The Balaban J connectivity index is 2.48. The Bertz CT molecular complexity index is 488. The van der Waals surface area contributed by atoms with Gasteiger partial charge in [-0.2, -0.15) is 0 Å². The average Bonchev–Trinajstić information content (AvgIpc) is 2.45. The Morgan fingerprint density at radius 2 is 2.05 bits per heavy atom. The Morgan fingerprint density at radius 3 is 2.60 bits per heavy atom. The third-order valence-electron chi connectivity index (χ3n) is 2.85. The largest absolute Gasteiger partial charge is 0.492 e. The van der Waals surface area contributed by atoms with E-state index in [4.69, 9.17) is 10.5 Å². The van der Waals surface area contributed by atoms with Crippen LogP contribution in [0, 0.1) is 5.82 Å². The first kappa shape index (κ1) is 16.2. The summed E-state index contributed by atoms with van der Waals surface area (Å²) in [6, 6.07) is 6.24. The van der Waals surface area contributed by atoms with Crippen LogP contribution >= 0.6 is 0 Å². The molecule has 1 unspecified atom stereocenters. The fourth-order valence-corrected chi connectivity index (χ4v) is 1.68. The first-order chi connectivity index (χ1) is 9.55. The molecule has 0 fully saturated rings. The van der Waals surface area contributed by atoms with Crippen LogP contribution in [0.25, 0.3) is 0 Å². The summed E-state index contributed by atoms with van der Waals surface area (Å²) in [5, 5.41) is 0. The summed E-state index contributed by atoms with van der Waals surface area (Å²) in [5.41, 5.74) is 8.06. The van der Waals surface area contributed by atoms with Crippen LogP contribution in [0.4, 0.5) is 4.39 Å². The second-order valence-electron chi connectivity index (χ2n) is 4.69. The molecule has 20 heavy (non-hydrogen) atoms. The standard InChI is InChI=1S/C17H22FNO/c1-4-13(3)10-17(5-2)20-12-16(19)11-14-6-8-15(18)9-7-14/h4-10,16H,1,11-12,19H2,2-3H3/b13-10-,17-5+. The Labute approximate surface area is 120 Å². The van der Waals surface area contributed by atoms with Crippen LogP contribution in [0.5, 0.6) is 0 Å². The van der Waals surface area contributed by atoms with E-state index in [9.17, 15) is 4.39 Å². The lowest BCUT2D eigenvalue weighted by atomic mass is 10.1. The Kier molecular flexibility index (Phi) is 6.74. The molecule has 3 heteroatoms. The lowest BCUT2D eigenvalue weighted by molar-refractivity contribution is 0.203. The summed E-state index contributed by atoms with van der Waals surface area (Å²) in [4.78, 5) is 0. The van der Waals surface area contributed by atoms with Gasteiger partial charge in [0.1, 0.15) is 18.2 Å². The van der Waals surface area contributed by atoms with Crippen molar-refractivity contribution >= 4 is 0 Å². The van der Waals surface area contributed by atoms with Gasteiger partial charge in [0.05, 0.1) is 0 Å². The first-order valence-corrected chi connectivity index (χ1v) is 6.65. The normalized spacial score (nSPS) is 14.0. The van der Waals surface area contributed by atoms with E-state index in [0.29, 0.717) is 13.0 Å². The van der Waals surface area contributed by atoms with Gasteiger partial charge in [-0.05, 0) is 55.7 Å². The van der Waals surface area contributed by atoms with Gasteiger partial charge in [0.25, 0.3) is 0 Å². The molecule has 0 saturated heterocycles. The molecular formula is C17H22FNO. The molecule has 0 aliphatic heterocycles. The zero-order valence-electron chi connectivity index (χ0n) is 12.1. The topological polar surface area (TPSA) is 35.2 Å². The second kappa shape index (κ2) is 8.33. The van der Waals surface area contributed by atoms with Gasteiger partial charge in [-0.1, -0.05) is 24.8 Å². The van der Waals surface area contributed by atoms with Gasteiger partial charge >= 0.3 is 0 Å². The summed E-state index contributed by atoms with van der Waals surface area (Å²) in [7, 11) is 0. The maximum atomic E-state index is 12.8. The molecule has 0 heterocycles.